The Labute approximate surface area is 131 Å². The molecule has 0 amide bonds. The summed E-state index contributed by atoms with van der Waals surface area (Å²) in [5.74, 6) is 0. The van der Waals surface area contributed by atoms with Crippen LogP contribution in [0.1, 0.15) is 30.5 Å². The quantitative estimate of drug-likeness (QED) is 0.927. The zero-order chi connectivity index (χ0) is 15.9. The fourth-order valence-corrected chi connectivity index (χ4v) is 3.50. The summed E-state index contributed by atoms with van der Waals surface area (Å²) in [6, 6.07) is 6.27. The van der Waals surface area contributed by atoms with Gasteiger partial charge in [-0.1, -0.05) is 11.6 Å². The number of benzene rings is 1. The van der Waals surface area contributed by atoms with Gasteiger partial charge in [0.2, 0.25) is 0 Å². The van der Waals surface area contributed by atoms with Gasteiger partial charge in [-0.05, 0) is 50.8 Å². The molecule has 0 bridgehead atoms. The van der Waals surface area contributed by atoms with E-state index in [1.165, 1.54) is 5.56 Å². The fourth-order valence-electron chi connectivity index (χ4n) is 3.50. The number of aromatic amines is 1. The van der Waals surface area contributed by atoms with Crippen molar-refractivity contribution in [1.82, 2.24) is 9.88 Å². The number of nitrogens with zero attached hydrogens (tertiary/aromatic N) is 1. The Morgan fingerprint density at radius 3 is 2.55 bits per heavy atom. The maximum Gasteiger partial charge on any atom is 0.252 e. The average molecular weight is 300 g/mol. The number of ether oxygens (including phenoxy) is 1. The van der Waals surface area contributed by atoms with Gasteiger partial charge in [0.15, 0.2) is 0 Å². The molecule has 0 saturated carbocycles. The van der Waals surface area contributed by atoms with E-state index < -0.39 is 0 Å². The van der Waals surface area contributed by atoms with Gasteiger partial charge in [0.1, 0.15) is 0 Å². The number of rotatable bonds is 2. The fraction of sp³-hybridized carbons (Fsp3) is 0.500. The van der Waals surface area contributed by atoms with E-state index in [0.717, 1.165) is 35.1 Å². The molecule has 1 aliphatic heterocycles. The minimum absolute atomic E-state index is 0.0197. The van der Waals surface area contributed by atoms with Crippen LogP contribution in [0.25, 0.3) is 10.9 Å². The zero-order valence-electron chi connectivity index (χ0n) is 13.8. The van der Waals surface area contributed by atoms with Gasteiger partial charge in [-0.15, -0.1) is 0 Å². The standard InChI is InChI=1S/C18H24N2O2/c1-11-5-12(2)17-15(6-11)7-16(18(21)19-17)10-20-8-13(3)22-14(4)9-20/h5-7,13-14H,8-10H2,1-4H3,(H,19,21)/t13-,14+. The summed E-state index contributed by atoms with van der Waals surface area (Å²) < 4.78 is 5.76. The Bertz CT molecular complexity index is 741. The first-order valence-electron chi connectivity index (χ1n) is 7.93. The third kappa shape index (κ3) is 3.08. The van der Waals surface area contributed by atoms with Crippen LogP contribution in [0, 0.1) is 13.8 Å². The predicted octanol–water partition coefficient (Wildman–Crippen LogP) is 2.75. The van der Waals surface area contributed by atoms with E-state index in [1.54, 1.807) is 0 Å². The van der Waals surface area contributed by atoms with E-state index in [-0.39, 0.29) is 17.8 Å². The molecule has 22 heavy (non-hydrogen) atoms. The van der Waals surface area contributed by atoms with E-state index in [4.69, 9.17) is 4.74 Å². The van der Waals surface area contributed by atoms with Gasteiger partial charge in [0.05, 0.1) is 17.7 Å². The number of hydrogen-bond donors (Lipinski definition) is 1. The molecule has 0 unspecified atom stereocenters. The first-order valence-corrected chi connectivity index (χ1v) is 7.93. The van der Waals surface area contributed by atoms with Gasteiger partial charge in [0, 0.05) is 25.2 Å². The Morgan fingerprint density at radius 1 is 1.18 bits per heavy atom. The van der Waals surface area contributed by atoms with Crippen molar-refractivity contribution < 1.29 is 4.74 Å². The van der Waals surface area contributed by atoms with Gasteiger partial charge in [-0.2, -0.15) is 0 Å². The molecule has 1 saturated heterocycles. The smallest absolute Gasteiger partial charge is 0.252 e. The van der Waals surface area contributed by atoms with Gasteiger partial charge >= 0.3 is 0 Å². The molecule has 0 aliphatic carbocycles. The molecule has 1 aromatic carbocycles. The molecule has 2 heterocycles. The predicted molar refractivity (Wildman–Crippen MR) is 89.3 cm³/mol. The summed E-state index contributed by atoms with van der Waals surface area (Å²) >= 11 is 0. The van der Waals surface area contributed by atoms with Crippen molar-refractivity contribution in [1.29, 1.82) is 0 Å². The molecular weight excluding hydrogens is 276 g/mol. The van der Waals surface area contributed by atoms with Gasteiger partial charge in [-0.25, -0.2) is 0 Å². The lowest BCUT2D eigenvalue weighted by Gasteiger charge is -2.35. The third-order valence-electron chi connectivity index (χ3n) is 4.26. The number of morpholine rings is 1. The maximum atomic E-state index is 12.4. The lowest BCUT2D eigenvalue weighted by atomic mass is 10.0. The molecule has 1 N–H and O–H groups in total. The van der Waals surface area contributed by atoms with Crippen molar-refractivity contribution in [2.24, 2.45) is 0 Å². The highest BCUT2D eigenvalue weighted by Gasteiger charge is 2.22. The Kier molecular flexibility index (Phi) is 4.06. The van der Waals surface area contributed by atoms with Crippen LogP contribution >= 0.6 is 0 Å². The van der Waals surface area contributed by atoms with E-state index in [0.29, 0.717) is 6.54 Å². The first-order chi connectivity index (χ1) is 10.4. The summed E-state index contributed by atoms with van der Waals surface area (Å²) in [6.45, 7) is 10.7. The second-order valence-electron chi connectivity index (χ2n) is 6.62. The molecule has 4 heteroatoms. The summed E-state index contributed by atoms with van der Waals surface area (Å²) in [6.07, 6.45) is 0.431. The van der Waals surface area contributed by atoms with Crippen molar-refractivity contribution in [3.8, 4) is 0 Å². The number of H-pyrrole nitrogens is 1. The molecule has 0 spiro atoms. The van der Waals surface area contributed by atoms with Crippen LogP contribution in [0.4, 0.5) is 0 Å². The number of hydrogen-bond acceptors (Lipinski definition) is 3. The molecule has 1 aromatic heterocycles. The number of aromatic nitrogens is 1. The van der Waals surface area contributed by atoms with Gasteiger partial charge in [-0.3, -0.25) is 9.69 Å². The van der Waals surface area contributed by atoms with E-state index >= 15 is 0 Å². The van der Waals surface area contributed by atoms with Crippen LogP contribution < -0.4 is 5.56 Å². The normalized spacial score (nSPS) is 23.1. The van der Waals surface area contributed by atoms with Crippen molar-refractivity contribution in [2.75, 3.05) is 13.1 Å². The van der Waals surface area contributed by atoms with E-state index in [1.807, 2.05) is 13.0 Å². The second kappa shape index (κ2) is 5.86. The van der Waals surface area contributed by atoms with Crippen LogP contribution in [-0.4, -0.2) is 35.2 Å². The van der Waals surface area contributed by atoms with E-state index in [2.05, 4.69) is 42.8 Å². The maximum absolute atomic E-state index is 12.4. The number of fused-ring (bicyclic) bond motifs is 1. The Balaban J connectivity index is 1.94. The van der Waals surface area contributed by atoms with Gasteiger partial charge < -0.3 is 9.72 Å². The molecule has 2 atom stereocenters. The molecule has 3 rings (SSSR count). The van der Waals surface area contributed by atoms with Crippen LogP contribution in [0.3, 0.4) is 0 Å². The molecule has 118 valence electrons. The highest BCUT2D eigenvalue weighted by atomic mass is 16.5. The zero-order valence-corrected chi connectivity index (χ0v) is 13.8. The first kappa shape index (κ1) is 15.3. The molecule has 0 radical (unpaired) electrons. The Morgan fingerprint density at radius 2 is 1.86 bits per heavy atom. The molecule has 2 aromatic rings. The van der Waals surface area contributed by atoms with Crippen molar-refractivity contribution in [3.05, 3.63) is 45.2 Å². The highest BCUT2D eigenvalue weighted by molar-refractivity contribution is 5.82. The van der Waals surface area contributed by atoms with Crippen molar-refractivity contribution >= 4 is 10.9 Å². The minimum atomic E-state index is 0.0197. The lowest BCUT2D eigenvalue weighted by Crippen LogP contribution is -2.45. The summed E-state index contributed by atoms with van der Waals surface area (Å²) in [7, 11) is 0. The molecule has 4 nitrogen and oxygen atoms in total. The van der Waals surface area contributed by atoms with Crippen molar-refractivity contribution in [2.45, 2.75) is 46.4 Å². The van der Waals surface area contributed by atoms with Crippen molar-refractivity contribution in [3.63, 3.8) is 0 Å². The van der Waals surface area contributed by atoms with Gasteiger partial charge in [0.25, 0.3) is 5.56 Å². The van der Waals surface area contributed by atoms with Crippen LogP contribution in [0.2, 0.25) is 0 Å². The second-order valence-corrected chi connectivity index (χ2v) is 6.62. The topological polar surface area (TPSA) is 45.3 Å². The lowest BCUT2D eigenvalue weighted by molar-refractivity contribution is -0.0705. The molecule has 1 fully saturated rings. The largest absolute Gasteiger partial charge is 0.373 e. The minimum Gasteiger partial charge on any atom is -0.373 e. The summed E-state index contributed by atoms with van der Waals surface area (Å²) in [5, 5.41) is 1.11. The van der Waals surface area contributed by atoms with Crippen LogP contribution in [0.5, 0.6) is 0 Å². The molecule has 1 aliphatic rings. The summed E-state index contributed by atoms with van der Waals surface area (Å²) in [4.78, 5) is 17.7. The highest BCUT2D eigenvalue weighted by Crippen LogP contribution is 2.19. The average Bonchev–Trinajstić information content (AvgIpc) is 2.39. The molecular formula is C18H24N2O2. The summed E-state index contributed by atoms with van der Waals surface area (Å²) in [5.41, 5.74) is 4.14. The Hall–Kier alpha value is -1.65. The SMILES string of the molecule is Cc1cc(C)c2[nH]c(=O)c(CN3C[C@@H](C)O[C@@H](C)C3)cc2c1. The number of aryl methyl sites for hydroxylation is 2. The monoisotopic (exact) mass is 300 g/mol. The van der Waals surface area contributed by atoms with E-state index in [9.17, 15) is 4.79 Å². The van der Waals surface area contributed by atoms with Crippen LogP contribution in [-0.2, 0) is 11.3 Å². The number of nitrogens with one attached hydrogen (secondary N) is 1. The van der Waals surface area contributed by atoms with Crippen LogP contribution in [0.15, 0.2) is 23.0 Å². The third-order valence-corrected chi connectivity index (χ3v) is 4.26. The number of pyridine rings is 1.